The summed E-state index contributed by atoms with van der Waals surface area (Å²) in [6, 6.07) is 5.12. The van der Waals surface area contributed by atoms with Crippen LogP contribution in [0.25, 0.3) is 0 Å². The lowest BCUT2D eigenvalue weighted by atomic mass is 9.89. The van der Waals surface area contributed by atoms with Crippen molar-refractivity contribution in [1.29, 1.82) is 0 Å². The highest BCUT2D eigenvalue weighted by Gasteiger charge is 2.27. The van der Waals surface area contributed by atoms with Gasteiger partial charge in [0.15, 0.2) is 0 Å². The lowest BCUT2D eigenvalue weighted by Crippen LogP contribution is -2.47. The average Bonchev–Trinajstić information content (AvgIpc) is 2.45. The largest absolute Gasteiger partial charge is 0.497 e. The number of nitrogen functional groups attached to an aromatic ring is 1. The molecule has 4 heteroatoms. The first-order chi connectivity index (χ1) is 9.01. The molecule has 0 aliphatic heterocycles. The molecule has 3 N–H and O–H groups in total. The summed E-state index contributed by atoms with van der Waals surface area (Å²) < 4.78 is 5.13. The third-order valence-electron chi connectivity index (χ3n) is 3.91. The number of amides is 1. The van der Waals surface area contributed by atoms with Gasteiger partial charge in [-0.15, -0.1) is 0 Å². The number of nitrogens with one attached hydrogen (secondary N) is 1. The van der Waals surface area contributed by atoms with Crippen molar-refractivity contribution in [2.45, 2.75) is 45.6 Å². The second-order valence-electron chi connectivity index (χ2n) is 4.75. The minimum atomic E-state index is -0.160. The van der Waals surface area contributed by atoms with Crippen LogP contribution in [0.5, 0.6) is 5.75 Å². The summed E-state index contributed by atoms with van der Waals surface area (Å²) in [6.45, 7) is 6.26. The Balaban J connectivity index is 3.00. The molecule has 0 saturated heterocycles. The normalized spacial score (nSPS) is 11.2. The zero-order valence-corrected chi connectivity index (χ0v) is 12.2. The molecule has 0 fully saturated rings. The van der Waals surface area contributed by atoms with Crippen LogP contribution in [0.4, 0.5) is 5.69 Å². The van der Waals surface area contributed by atoms with Crippen LogP contribution >= 0.6 is 0 Å². The highest BCUT2D eigenvalue weighted by molar-refractivity contribution is 6.00. The molecule has 0 aliphatic carbocycles. The van der Waals surface area contributed by atoms with Gasteiger partial charge in [0.2, 0.25) is 0 Å². The molecule has 0 aliphatic rings. The van der Waals surface area contributed by atoms with Crippen molar-refractivity contribution in [1.82, 2.24) is 5.32 Å². The van der Waals surface area contributed by atoms with Gasteiger partial charge in [0, 0.05) is 11.2 Å². The van der Waals surface area contributed by atoms with Gasteiger partial charge in [0.25, 0.3) is 5.91 Å². The minimum Gasteiger partial charge on any atom is -0.497 e. The number of carbonyl (C=O) groups is 1. The zero-order chi connectivity index (χ0) is 14.5. The molecule has 0 unspecified atom stereocenters. The fraction of sp³-hybridized carbons (Fsp3) is 0.533. The molecule has 0 radical (unpaired) electrons. The summed E-state index contributed by atoms with van der Waals surface area (Å²) in [5, 5.41) is 3.11. The van der Waals surface area contributed by atoms with Gasteiger partial charge < -0.3 is 15.8 Å². The van der Waals surface area contributed by atoms with Gasteiger partial charge in [-0.1, -0.05) is 20.8 Å². The fourth-order valence-corrected chi connectivity index (χ4v) is 2.18. The Labute approximate surface area is 115 Å². The van der Waals surface area contributed by atoms with Crippen molar-refractivity contribution in [2.75, 3.05) is 12.8 Å². The van der Waals surface area contributed by atoms with E-state index in [1.54, 1.807) is 25.3 Å². The predicted octanol–water partition coefficient (Wildman–Crippen LogP) is 2.98. The quantitative estimate of drug-likeness (QED) is 0.776. The molecule has 1 aromatic rings. The molecular formula is C15H24N2O2. The maximum atomic E-state index is 12.4. The molecule has 0 spiro atoms. The first-order valence-corrected chi connectivity index (χ1v) is 6.78. The zero-order valence-electron chi connectivity index (χ0n) is 12.2. The molecule has 0 aromatic heterocycles. The van der Waals surface area contributed by atoms with Gasteiger partial charge in [-0.2, -0.15) is 0 Å². The molecule has 1 rings (SSSR count). The monoisotopic (exact) mass is 264 g/mol. The van der Waals surface area contributed by atoms with Crippen LogP contribution in [-0.4, -0.2) is 18.6 Å². The molecule has 106 valence electrons. The van der Waals surface area contributed by atoms with Crippen LogP contribution in [0.15, 0.2) is 18.2 Å². The van der Waals surface area contributed by atoms with Crippen LogP contribution in [-0.2, 0) is 0 Å². The molecule has 4 nitrogen and oxygen atoms in total. The van der Waals surface area contributed by atoms with Crippen LogP contribution < -0.4 is 15.8 Å². The van der Waals surface area contributed by atoms with Crippen molar-refractivity contribution in [3.63, 3.8) is 0 Å². The number of hydrogen-bond acceptors (Lipinski definition) is 3. The summed E-state index contributed by atoms with van der Waals surface area (Å²) in [6.07, 6.45) is 2.70. The highest BCUT2D eigenvalue weighted by Crippen LogP contribution is 2.23. The van der Waals surface area contributed by atoms with Crippen LogP contribution in [0.3, 0.4) is 0 Å². The summed E-state index contributed by atoms with van der Waals surface area (Å²) >= 11 is 0. The standard InChI is InChI=1S/C15H24N2O2/c1-5-15(6-2,7-3)17-14(18)12-10-11(19-4)8-9-13(12)16/h8-10H,5-7,16H2,1-4H3,(H,17,18). The predicted molar refractivity (Wildman–Crippen MR) is 78.5 cm³/mol. The Morgan fingerprint density at radius 2 is 1.84 bits per heavy atom. The molecule has 0 bridgehead atoms. The number of benzene rings is 1. The first-order valence-electron chi connectivity index (χ1n) is 6.78. The third-order valence-corrected chi connectivity index (χ3v) is 3.91. The first kappa shape index (κ1) is 15.3. The van der Waals surface area contributed by atoms with Crippen molar-refractivity contribution in [2.24, 2.45) is 0 Å². The summed E-state index contributed by atoms with van der Waals surface area (Å²) in [5.74, 6) is 0.497. The van der Waals surface area contributed by atoms with Crippen molar-refractivity contribution >= 4 is 11.6 Å². The number of rotatable bonds is 6. The smallest absolute Gasteiger partial charge is 0.253 e. The van der Waals surface area contributed by atoms with E-state index < -0.39 is 0 Å². The van der Waals surface area contributed by atoms with E-state index in [1.807, 2.05) is 0 Å². The van der Waals surface area contributed by atoms with Crippen molar-refractivity contribution < 1.29 is 9.53 Å². The summed E-state index contributed by atoms with van der Waals surface area (Å²) in [7, 11) is 1.57. The average molecular weight is 264 g/mol. The maximum Gasteiger partial charge on any atom is 0.253 e. The lowest BCUT2D eigenvalue weighted by molar-refractivity contribution is 0.0889. The van der Waals surface area contributed by atoms with Crippen molar-refractivity contribution in [3.05, 3.63) is 23.8 Å². The molecular weight excluding hydrogens is 240 g/mol. The van der Waals surface area contributed by atoms with E-state index in [-0.39, 0.29) is 11.4 Å². The molecule has 1 aromatic carbocycles. The molecule has 19 heavy (non-hydrogen) atoms. The van der Waals surface area contributed by atoms with E-state index in [0.29, 0.717) is 17.0 Å². The van der Waals surface area contributed by atoms with Crippen molar-refractivity contribution in [3.8, 4) is 5.75 Å². The highest BCUT2D eigenvalue weighted by atomic mass is 16.5. The molecule has 0 atom stereocenters. The molecule has 0 saturated carbocycles. The van der Waals surface area contributed by atoms with Gasteiger partial charge in [0.05, 0.1) is 12.7 Å². The van der Waals surface area contributed by atoms with Gasteiger partial charge in [-0.05, 0) is 37.5 Å². The maximum absolute atomic E-state index is 12.4. The van der Waals surface area contributed by atoms with Gasteiger partial charge >= 0.3 is 0 Å². The van der Waals surface area contributed by atoms with E-state index in [2.05, 4.69) is 26.1 Å². The van der Waals surface area contributed by atoms with Gasteiger partial charge in [-0.25, -0.2) is 0 Å². The van der Waals surface area contributed by atoms with Crippen LogP contribution in [0, 0.1) is 0 Å². The minimum absolute atomic E-state index is 0.137. The second kappa shape index (κ2) is 6.45. The number of methoxy groups -OCH3 is 1. The topological polar surface area (TPSA) is 64.3 Å². The molecule has 1 amide bonds. The summed E-state index contributed by atoms with van der Waals surface area (Å²) in [5.41, 5.74) is 6.65. The number of nitrogens with two attached hydrogens (primary N) is 1. The van der Waals surface area contributed by atoms with E-state index in [4.69, 9.17) is 10.5 Å². The Hall–Kier alpha value is -1.71. The van der Waals surface area contributed by atoms with E-state index >= 15 is 0 Å². The van der Waals surface area contributed by atoms with Crippen LogP contribution in [0.2, 0.25) is 0 Å². The van der Waals surface area contributed by atoms with E-state index in [0.717, 1.165) is 19.3 Å². The number of ether oxygens (including phenoxy) is 1. The Kier molecular flexibility index (Phi) is 5.21. The summed E-state index contributed by atoms with van der Waals surface area (Å²) in [4.78, 5) is 12.4. The number of anilines is 1. The number of hydrogen-bond donors (Lipinski definition) is 2. The van der Waals surface area contributed by atoms with E-state index in [1.165, 1.54) is 0 Å². The van der Waals surface area contributed by atoms with Gasteiger partial charge in [0.1, 0.15) is 5.75 Å². The number of carbonyl (C=O) groups excluding carboxylic acids is 1. The fourth-order valence-electron chi connectivity index (χ4n) is 2.18. The van der Waals surface area contributed by atoms with E-state index in [9.17, 15) is 4.79 Å². The van der Waals surface area contributed by atoms with Crippen LogP contribution in [0.1, 0.15) is 50.4 Å². The third kappa shape index (κ3) is 3.40. The Morgan fingerprint density at radius 1 is 1.26 bits per heavy atom. The van der Waals surface area contributed by atoms with Gasteiger partial charge in [-0.3, -0.25) is 4.79 Å². The Bertz CT molecular complexity index is 432. The SMILES string of the molecule is CCC(CC)(CC)NC(=O)c1cc(OC)ccc1N. The second-order valence-corrected chi connectivity index (χ2v) is 4.75. The Morgan fingerprint density at radius 3 is 2.32 bits per heavy atom. The molecule has 0 heterocycles. The lowest BCUT2D eigenvalue weighted by Gasteiger charge is -2.32.